The average Bonchev–Trinajstić information content (AvgIpc) is 1.71. The van der Waals surface area contributed by atoms with Gasteiger partial charge in [-0.05, 0) is 113 Å². The van der Waals surface area contributed by atoms with Crippen LogP contribution in [0.4, 0.5) is 0 Å². The summed E-state index contributed by atoms with van der Waals surface area (Å²) in [4.78, 5) is 205. The van der Waals surface area contributed by atoms with E-state index in [0.29, 0.717) is 30.5 Å². The molecule has 0 unspecified atom stereocenters. The van der Waals surface area contributed by atoms with E-state index in [0.717, 1.165) is 0 Å². The van der Waals surface area contributed by atoms with E-state index < -0.39 is 205 Å². The average molecular weight is 1590 g/mol. The number of carboxylic acid groups (broad SMARTS) is 2. The number of aromatic hydroxyl groups is 1. The van der Waals surface area contributed by atoms with E-state index in [4.69, 9.17) is 39.2 Å². The molecule has 1 heterocycles. The summed E-state index contributed by atoms with van der Waals surface area (Å²) in [5.74, 6) is -16.6. The molecule has 13 amide bonds. The minimum Gasteiger partial charge on any atom is -0.508 e. The lowest BCUT2D eigenvalue weighted by Crippen LogP contribution is -2.60. The van der Waals surface area contributed by atoms with Gasteiger partial charge in [-0.25, -0.2) is 4.79 Å². The maximum Gasteiger partial charge on any atom is 0.326 e. The molecule has 0 saturated carbocycles. The van der Waals surface area contributed by atoms with Gasteiger partial charge in [-0.15, -0.1) is 0 Å². The van der Waals surface area contributed by atoms with Crippen molar-refractivity contribution in [2.24, 2.45) is 34.8 Å². The normalized spacial score (nSPS) is 15.3. The fourth-order valence-electron chi connectivity index (χ4n) is 11.4. The van der Waals surface area contributed by atoms with Crippen LogP contribution in [0.3, 0.4) is 0 Å². The number of carbonyl (C=O) groups excluding carboxylic acids is 13. The molecule has 2 aromatic rings. The number of phenolic OH excluding ortho intramolecular Hbond substituents is 1. The van der Waals surface area contributed by atoms with Crippen LogP contribution >= 0.6 is 12.6 Å². The molecular weight excluding hydrogens is 1480 g/mol. The molecular formula is C70H111N23O18S. The quantitative estimate of drug-likeness (QED) is 0.0127. The van der Waals surface area contributed by atoms with Crippen molar-refractivity contribution < 1.29 is 87.2 Å². The highest BCUT2D eigenvalue weighted by Crippen LogP contribution is 2.21. The van der Waals surface area contributed by atoms with Crippen LogP contribution in [0.25, 0.3) is 0 Å². The van der Waals surface area contributed by atoms with E-state index in [9.17, 15) is 87.2 Å². The minimum absolute atomic E-state index is 0.0213. The van der Waals surface area contributed by atoms with Crippen LogP contribution in [-0.4, -0.2) is 244 Å². The van der Waals surface area contributed by atoms with Crippen molar-refractivity contribution in [3.8, 4) is 5.75 Å². The van der Waals surface area contributed by atoms with Crippen molar-refractivity contribution in [1.29, 1.82) is 16.2 Å². The predicted octanol–water partition coefficient (Wildman–Crippen LogP) is -6.01. The Labute approximate surface area is 653 Å². The van der Waals surface area contributed by atoms with Crippen molar-refractivity contribution in [2.45, 2.75) is 198 Å². The van der Waals surface area contributed by atoms with E-state index in [1.54, 1.807) is 58.0 Å². The van der Waals surface area contributed by atoms with Gasteiger partial charge in [0.1, 0.15) is 72.2 Å². The van der Waals surface area contributed by atoms with Gasteiger partial charge in [-0.1, -0.05) is 70.2 Å². The van der Waals surface area contributed by atoms with Gasteiger partial charge in [-0.3, -0.25) is 83.4 Å². The Bertz CT molecular complexity index is 3600. The molecule has 0 bridgehead atoms. The van der Waals surface area contributed by atoms with Crippen molar-refractivity contribution in [2.75, 3.05) is 45.0 Å². The number of thiol groups is 1. The van der Waals surface area contributed by atoms with E-state index in [2.05, 4.69) is 92.4 Å². The Morgan fingerprint density at radius 3 is 1.46 bits per heavy atom. The van der Waals surface area contributed by atoms with E-state index in [1.165, 1.54) is 43.0 Å². The molecule has 42 heteroatoms. The highest BCUT2D eigenvalue weighted by molar-refractivity contribution is 7.80. The van der Waals surface area contributed by atoms with Gasteiger partial charge in [0, 0.05) is 51.2 Å². The number of hydrogen-bond acceptors (Lipinski definition) is 21. The summed E-state index contributed by atoms with van der Waals surface area (Å²) in [7, 11) is 0. The number of carboxylic acids is 2. The Kier molecular flexibility index (Phi) is 41.3. The lowest BCUT2D eigenvalue weighted by Gasteiger charge is -2.29. The standard InChI is InChI=1S/C70H111N23O18S/c1-36(2)30-47(63(106)91-50(35-112)59(102)82-33-52(95)85-44(17-11-27-79-69(74)75)60(103)86-46(24-25-54(97)98)62(105)90-49(67(110)111)32-40-14-8-7-9-15-40)88-61(104)45(18-12-28-80-70(76)77)87-65(108)55(37(3)4)92-53(96)34-81-58(101)48(31-41-20-22-42(94)23-21-41)89-64(107)51-19-13-29-93(51)66(109)39(6)84-56(99)38(5)83-57(100)43(71)16-10-26-78-68(72)73/h7-9,14-15,20-23,36-39,43-51,55,94,112H,10-13,16-19,24-35,71H2,1-6H3,(H,81,101)(H,82,102)(H,83,100)(H,84,99)(H,85,95)(H,86,103)(H,87,108)(H,88,104)(H,89,107)(H,90,105)(H,91,106)(H,92,96)(H,97,98)(H,110,111)(H4,72,73,78)(H4,74,75,79)(H4,76,77,80)/t38-,39-,43-,44-,45-,46-,47-,48-,49-,50-,51-,55-/m0/s1. The molecule has 1 aliphatic heterocycles. The molecule has 0 radical (unpaired) electrons. The van der Waals surface area contributed by atoms with Gasteiger partial charge in [0.2, 0.25) is 76.8 Å². The van der Waals surface area contributed by atoms with Crippen molar-refractivity contribution >= 4 is 119 Å². The van der Waals surface area contributed by atoms with Gasteiger partial charge < -0.3 is 123 Å². The number of nitrogens with two attached hydrogens (primary N) is 4. The summed E-state index contributed by atoms with van der Waals surface area (Å²) < 4.78 is 0. The Morgan fingerprint density at radius 1 is 0.491 bits per heavy atom. The van der Waals surface area contributed by atoms with Crippen LogP contribution in [0.5, 0.6) is 5.75 Å². The van der Waals surface area contributed by atoms with Crippen molar-refractivity contribution in [1.82, 2.24) is 84.7 Å². The van der Waals surface area contributed by atoms with Gasteiger partial charge in [0.15, 0.2) is 17.9 Å². The topological polar surface area (TPSA) is 676 Å². The highest BCUT2D eigenvalue weighted by Gasteiger charge is 2.40. The second-order valence-electron chi connectivity index (χ2n) is 27.6. The third kappa shape index (κ3) is 35.4. The third-order valence-electron chi connectivity index (χ3n) is 17.4. The van der Waals surface area contributed by atoms with Crippen LogP contribution in [0, 0.1) is 28.1 Å². The Balaban J connectivity index is 1.76. The number of nitrogens with one attached hydrogen (secondary N) is 18. The summed E-state index contributed by atoms with van der Waals surface area (Å²) in [6, 6.07) is -2.27. The van der Waals surface area contributed by atoms with E-state index >= 15 is 0 Å². The Morgan fingerprint density at radius 2 is 0.946 bits per heavy atom. The number of aliphatic carboxylic acids is 2. The number of amides is 13. The molecule has 1 aliphatic rings. The number of carbonyl (C=O) groups is 15. The molecule has 3 rings (SSSR count). The molecule has 12 atom stereocenters. The van der Waals surface area contributed by atoms with E-state index in [1.807, 2.05) is 0 Å². The lowest BCUT2D eigenvalue weighted by atomic mass is 10.0. The van der Waals surface area contributed by atoms with Gasteiger partial charge in [-0.2, -0.15) is 12.6 Å². The fraction of sp³-hybridized carbons (Fsp3) is 0.571. The smallest absolute Gasteiger partial charge is 0.326 e. The zero-order valence-electron chi connectivity index (χ0n) is 63.6. The highest BCUT2D eigenvalue weighted by atomic mass is 32.1. The summed E-state index contributed by atoms with van der Waals surface area (Å²) >= 11 is 4.24. The van der Waals surface area contributed by atoms with Gasteiger partial charge in [0.25, 0.3) is 0 Å². The SMILES string of the molecule is CC(C)C[C@H](NC(=O)[C@H](CCCNC(=N)N)NC(=O)[C@@H](NC(=O)CNC(=O)[C@H](Cc1ccc(O)cc1)NC(=O)[C@@H]1CCCN1C(=O)[C@H](C)NC(=O)[C@H](C)NC(=O)[C@@H](N)CCCNC(=N)N)C(C)C)C(=O)N[C@@H](CS)C(=O)NCC(=O)N[C@@H](CCCNC(=N)N)C(=O)N[C@@H](CCC(=O)O)C(=O)N[C@@H](Cc1ccccc1)C(=O)O. The number of phenols is 1. The molecule has 29 N–H and O–H groups in total. The monoisotopic (exact) mass is 1590 g/mol. The molecule has 112 heavy (non-hydrogen) atoms. The zero-order valence-corrected chi connectivity index (χ0v) is 64.5. The lowest BCUT2D eigenvalue weighted by molar-refractivity contribution is -0.143. The second kappa shape index (κ2) is 48.8. The van der Waals surface area contributed by atoms with Crippen molar-refractivity contribution in [3.63, 3.8) is 0 Å². The summed E-state index contributed by atoms with van der Waals surface area (Å²) in [6.45, 7) is 8.23. The first-order chi connectivity index (χ1) is 52.8. The molecule has 0 spiro atoms. The first-order valence-corrected chi connectivity index (χ1v) is 37.2. The van der Waals surface area contributed by atoms with Crippen LogP contribution in [0.15, 0.2) is 54.6 Å². The number of hydrogen-bond donors (Lipinski definition) is 26. The zero-order chi connectivity index (χ0) is 83.9. The van der Waals surface area contributed by atoms with Crippen molar-refractivity contribution in [3.05, 3.63) is 65.7 Å². The summed E-state index contributed by atoms with van der Waals surface area (Å²) in [6.07, 6.45) is -0.604. The third-order valence-corrected chi connectivity index (χ3v) is 17.7. The summed E-state index contributed by atoms with van der Waals surface area (Å²) in [5, 5.41) is 89.6. The maximum atomic E-state index is 14.4. The van der Waals surface area contributed by atoms with Crippen LogP contribution in [-0.2, 0) is 84.8 Å². The summed E-state index contributed by atoms with van der Waals surface area (Å²) in [5.41, 5.74) is 23.2. The number of nitrogens with zero attached hydrogens (tertiary/aromatic N) is 1. The second-order valence-corrected chi connectivity index (χ2v) is 27.9. The molecule has 2 aromatic carbocycles. The maximum absolute atomic E-state index is 14.4. The molecule has 1 fully saturated rings. The van der Waals surface area contributed by atoms with Gasteiger partial charge in [0.05, 0.1) is 19.1 Å². The molecule has 1 saturated heterocycles. The number of rotatable bonds is 49. The largest absolute Gasteiger partial charge is 0.508 e. The predicted molar refractivity (Wildman–Crippen MR) is 411 cm³/mol. The number of benzene rings is 2. The fourth-order valence-corrected chi connectivity index (χ4v) is 11.6. The molecule has 620 valence electrons. The first-order valence-electron chi connectivity index (χ1n) is 36.5. The number of likely N-dealkylation sites (tertiary alicyclic amines) is 1. The number of guanidine groups is 3. The first kappa shape index (κ1) is 94.6. The van der Waals surface area contributed by atoms with Crippen LogP contribution in [0.1, 0.15) is 123 Å². The minimum atomic E-state index is -1.62. The Hall–Kier alpha value is -11.6. The molecule has 0 aliphatic carbocycles. The molecule has 0 aromatic heterocycles. The van der Waals surface area contributed by atoms with Crippen LogP contribution < -0.4 is 103 Å². The van der Waals surface area contributed by atoms with Crippen LogP contribution in [0.2, 0.25) is 0 Å². The molecule has 41 nitrogen and oxygen atoms in total. The van der Waals surface area contributed by atoms with Gasteiger partial charge >= 0.3 is 11.9 Å². The van der Waals surface area contributed by atoms with E-state index in [-0.39, 0.29) is 101 Å².